The van der Waals surface area contributed by atoms with Gasteiger partial charge in [0.1, 0.15) is 17.2 Å². The van der Waals surface area contributed by atoms with E-state index in [1.165, 1.54) is 229 Å². The molecule has 16 nitrogen and oxygen atoms in total. The summed E-state index contributed by atoms with van der Waals surface area (Å²) in [6.07, 6.45) is 55.8. The number of aryl methyl sites for hydroxylation is 1. The molecule has 21 rings (SSSR count). The summed E-state index contributed by atoms with van der Waals surface area (Å²) in [4.78, 5) is 48.7. The maximum atomic E-state index is 12.2. The molecule has 3 aromatic carbocycles. The van der Waals surface area contributed by atoms with Gasteiger partial charge in [0, 0.05) is 104 Å². The number of piperidine rings is 6. The first kappa shape index (κ1) is 68.1. The number of fused-ring (bicyclic) bond motifs is 15. The number of aromatic amines is 1. The van der Waals surface area contributed by atoms with Gasteiger partial charge in [0.25, 0.3) is 5.91 Å². The largest absolute Gasteiger partial charge is 0.321 e. The van der Waals surface area contributed by atoms with Crippen LogP contribution in [0.25, 0.3) is 61.7 Å². The molecule has 550 valence electrons. The molecule has 6 unspecified atom stereocenters. The molecular weight excluding hydrogens is 1310 g/mol. The van der Waals surface area contributed by atoms with Crippen molar-refractivity contribution in [3.8, 4) is 23.0 Å². The lowest BCUT2D eigenvalue weighted by Gasteiger charge is -2.54. The minimum absolute atomic E-state index is 0.214. The third-order valence-electron chi connectivity index (χ3n) is 29.2. The third-order valence-corrected chi connectivity index (χ3v) is 29.4. The van der Waals surface area contributed by atoms with Gasteiger partial charge < -0.3 is 13.7 Å². The third kappa shape index (κ3) is 13.4. The van der Waals surface area contributed by atoms with Crippen LogP contribution in [0.1, 0.15) is 262 Å². The van der Waals surface area contributed by atoms with E-state index in [-0.39, 0.29) is 18.2 Å². The topological polar surface area (TPSA) is 156 Å². The van der Waals surface area contributed by atoms with Crippen LogP contribution >= 0.6 is 11.6 Å². The Bertz CT molecular complexity index is 4320. The van der Waals surface area contributed by atoms with E-state index >= 15 is 0 Å². The molecule has 8 aromatic rings. The normalized spacial score (nSPS) is 34.6. The lowest BCUT2D eigenvalue weighted by molar-refractivity contribution is -0.127. The van der Waals surface area contributed by atoms with Crippen molar-refractivity contribution in [2.75, 3.05) is 0 Å². The molecule has 2 N–H and O–H groups in total. The molecule has 7 aliphatic heterocycles. The summed E-state index contributed by atoms with van der Waals surface area (Å²) in [5, 5.41) is 15.2. The maximum Gasteiger partial charge on any atom is 0.250 e. The molecule has 12 fully saturated rings. The fourth-order valence-electron chi connectivity index (χ4n) is 25.5. The predicted octanol–water partition coefficient (Wildman–Crippen LogP) is 18.7. The minimum atomic E-state index is -0.328. The number of imide groups is 1. The smallest absolute Gasteiger partial charge is 0.250 e. The highest BCUT2D eigenvalue weighted by Gasteiger charge is 2.50. The average Bonchev–Trinajstić information content (AvgIpc) is 1.51. The van der Waals surface area contributed by atoms with Gasteiger partial charge in [0.05, 0.1) is 44.5 Å². The Morgan fingerprint density at radius 1 is 0.394 bits per heavy atom. The highest BCUT2D eigenvalue weighted by Crippen LogP contribution is 2.53. The Balaban J connectivity index is 0.000000107. The van der Waals surface area contributed by atoms with E-state index in [1.807, 2.05) is 25.5 Å². The lowest BCUT2D eigenvalue weighted by Crippen LogP contribution is -2.58. The zero-order valence-corrected chi connectivity index (χ0v) is 62.6. The monoisotopic (exact) mass is 1420 g/mol. The van der Waals surface area contributed by atoms with Crippen LogP contribution in [-0.2, 0) is 16.6 Å². The van der Waals surface area contributed by atoms with Crippen molar-refractivity contribution in [2.24, 2.45) is 42.6 Å². The number of H-pyrrole nitrogens is 1. The minimum Gasteiger partial charge on any atom is -0.321 e. The standard InChI is InChI=1S/C30H38N4O2.C29H38ClN5.C28H37N5/c35-28-15-21(16-29(36)32-28)30-31-26-10-3-4-11-27(26)34(30)25-17-22-8-5-9-23(18-25)33(22)24-13-19-6-1-2-7-20(12-19)14-24;1-33-18-25(30)28(32-33)29-31-26-11-4-5-12-27(26)35(29)24-16-21-9-6-10-22(17-24)34(21)23-14-19-7-2-3-8-20(13-19)15-23;1-2-7-20-14-19(6-1)15-23(16-20)32-21-8-5-9-22(32)18-24(17-21)33-27-11-4-3-10-25(27)30-28(33)26-12-13-29-31-26/h3-4,10-11,15,19-20,22-25H,1-2,5-9,12-14,16-18H2,(H,32,35,36);4-5,11-12,18-24H,2-3,6-10,13-17H2,1H3;3-4,10-13,19-24H,1-2,5-9,14-18H2,(H,29,31)/t19-,20+,22-,23+,24?,25?;2*19-,20+,21-,22+,23?,24?. The lowest BCUT2D eigenvalue weighted by atomic mass is 9.73. The molecule has 13 aliphatic rings. The molecule has 6 saturated carbocycles. The number of nitrogens with zero attached hydrogens (tertiary/aromatic N) is 12. The van der Waals surface area contributed by atoms with Gasteiger partial charge in [-0.15, -0.1) is 0 Å². The quantitative estimate of drug-likeness (QED) is 0.133. The van der Waals surface area contributed by atoms with Gasteiger partial charge in [-0.2, -0.15) is 10.2 Å². The number of carbonyl (C=O) groups excluding carboxylic acids is 2. The number of benzene rings is 3. The predicted molar refractivity (Wildman–Crippen MR) is 414 cm³/mol. The van der Waals surface area contributed by atoms with Crippen LogP contribution in [0.4, 0.5) is 0 Å². The van der Waals surface area contributed by atoms with Crippen LogP contribution in [0.15, 0.2) is 97.3 Å². The van der Waals surface area contributed by atoms with Gasteiger partial charge in [-0.25, -0.2) is 15.0 Å². The van der Waals surface area contributed by atoms with Crippen LogP contribution < -0.4 is 5.32 Å². The summed E-state index contributed by atoms with van der Waals surface area (Å²) in [5.41, 5.74) is 9.35. The van der Waals surface area contributed by atoms with E-state index in [0.29, 0.717) is 47.3 Å². The van der Waals surface area contributed by atoms with Crippen molar-refractivity contribution >= 4 is 62.1 Å². The van der Waals surface area contributed by atoms with Crippen molar-refractivity contribution in [2.45, 2.75) is 310 Å². The summed E-state index contributed by atoms with van der Waals surface area (Å²) in [6.45, 7) is 0. The molecule has 6 saturated heterocycles. The number of rotatable bonds is 9. The molecule has 18 atom stereocenters. The highest BCUT2D eigenvalue weighted by molar-refractivity contribution is 6.32. The molecule has 0 radical (unpaired) electrons. The van der Waals surface area contributed by atoms with E-state index in [2.05, 4.69) is 117 Å². The van der Waals surface area contributed by atoms with E-state index in [9.17, 15) is 9.59 Å². The fourth-order valence-corrected chi connectivity index (χ4v) is 25.7. The number of hydrogen-bond donors (Lipinski definition) is 2. The van der Waals surface area contributed by atoms with E-state index in [4.69, 9.17) is 31.7 Å². The Hall–Kier alpha value is -6.46. The molecule has 17 heteroatoms. The summed E-state index contributed by atoms with van der Waals surface area (Å²) in [7, 11) is 1.94. The van der Waals surface area contributed by atoms with Crippen LogP contribution in [-0.4, -0.2) is 130 Å². The molecule has 104 heavy (non-hydrogen) atoms. The maximum absolute atomic E-state index is 12.2. The summed E-state index contributed by atoms with van der Waals surface area (Å²) in [6, 6.07) is 35.6. The average molecular weight is 1420 g/mol. The number of para-hydroxylation sites is 6. The molecule has 5 aromatic heterocycles. The molecule has 12 heterocycles. The first-order valence-corrected chi connectivity index (χ1v) is 42.4. The Labute approximate surface area is 620 Å². The second-order valence-corrected chi connectivity index (χ2v) is 36.1. The van der Waals surface area contributed by atoms with Crippen molar-refractivity contribution in [3.63, 3.8) is 0 Å². The summed E-state index contributed by atoms with van der Waals surface area (Å²) < 4.78 is 9.27. The zero-order valence-electron chi connectivity index (χ0n) is 61.9. The number of halogens is 1. The first-order chi connectivity index (χ1) is 51.1. The Morgan fingerprint density at radius 3 is 1.12 bits per heavy atom. The van der Waals surface area contributed by atoms with E-state index in [0.717, 1.165) is 135 Å². The molecule has 0 spiro atoms. The highest BCUT2D eigenvalue weighted by atomic mass is 35.5. The van der Waals surface area contributed by atoms with E-state index in [1.54, 1.807) is 10.8 Å². The number of amides is 2. The summed E-state index contributed by atoms with van der Waals surface area (Å²) >= 11 is 6.65. The number of nitrogens with one attached hydrogen (secondary N) is 2. The molecular formula is C87H113ClN14O2. The van der Waals surface area contributed by atoms with Gasteiger partial charge >= 0.3 is 0 Å². The van der Waals surface area contributed by atoms with Crippen molar-refractivity contribution in [1.29, 1.82) is 0 Å². The van der Waals surface area contributed by atoms with Gasteiger partial charge in [0.15, 0.2) is 11.6 Å². The SMILES string of the molecule is Cn1cc(Cl)c(-c2nc3ccccc3n2C2C[C@H]3CCC[C@@H](C2)N3C2C[C@H]3CCCC[C@@H](C2)C3)n1.O=C1C=C(c2nc3ccccc3n2C2C[C@H]3CCC[C@@H](C2)N3C2C[C@H]3CCCC[C@@H](C2)C3)CC(=O)N1.c1ccc2c(c1)nc(-c1ccn[nH]1)n2C1C[C@H]2CCC[C@@H](C1)N2C1C[C@H]2CCCC[C@@H](C1)C2. The summed E-state index contributed by atoms with van der Waals surface area (Å²) in [5.74, 6) is 8.11. The molecule has 12 bridgehead atoms. The van der Waals surface area contributed by atoms with Crippen molar-refractivity contribution in [1.82, 2.24) is 68.6 Å². The second-order valence-electron chi connectivity index (χ2n) is 35.7. The van der Waals surface area contributed by atoms with Gasteiger partial charge in [-0.3, -0.25) is 39.4 Å². The molecule has 6 aliphatic carbocycles. The van der Waals surface area contributed by atoms with Gasteiger partial charge in [0.2, 0.25) is 5.91 Å². The Morgan fingerprint density at radius 2 is 0.760 bits per heavy atom. The van der Waals surface area contributed by atoms with Crippen LogP contribution in [0.5, 0.6) is 0 Å². The van der Waals surface area contributed by atoms with Gasteiger partial charge in [-0.05, 0) is 213 Å². The van der Waals surface area contributed by atoms with E-state index < -0.39 is 0 Å². The number of hydrogen-bond acceptors (Lipinski definition) is 10. The molecule has 2 amide bonds. The Kier molecular flexibility index (Phi) is 19.2. The fraction of sp³-hybridized carbons (Fsp3) is 0.644. The van der Waals surface area contributed by atoms with Crippen molar-refractivity contribution in [3.05, 3.63) is 108 Å². The zero-order chi connectivity index (χ0) is 69.5. The second kappa shape index (κ2) is 29.3. The van der Waals surface area contributed by atoms with Crippen LogP contribution in [0.2, 0.25) is 5.02 Å². The van der Waals surface area contributed by atoms with Gasteiger partial charge in [-0.1, -0.05) is 144 Å². The number of aromatic nitrogens is 10. The first-order valence-electron chi connectivity index (χ1n) is 42.1. The van der Waals surface area contributed by atoms with Crippen LogP contribution in [0.3, 0.4) is 0 Å². The van der Waals surface area contributed by atoms with Crippen molar-refractivity contribution < 1.29 is 9.59 Å². The number of carbonyl (C=O) groups is 2. The van der Waals surface area contributed by atoms with Crippen LogP contribution in [0, 0.1) is 35.5 Å². The number of imidazole rings is 3.